The summed E-state index contributed by atoms with van der Waals surface area (Å²) in [5.74, 6) is 1.07. The number of benzene rings is 1. The molecule has 82 valence electrons. The van der Waals surface area contributed by atoms with Crippen molar-refractivity contribution >= 4 is 13.3 Å². The van der Waals surface area contributed by atoms with E-state index in [1.165, 1.54) is 11.0 Å². The summed E-state index contributed by atoms with van der Waals surface area (Å²) in [5.41, 5.74) is 2.59. The van der Waals surface area contributed by atoms with Gasteiger partial charge in [0.2, 0.25) is 0 Å². The lowest BCUT2D eigenvalue weighted by molar-refractivity contribution is 0.705. The van der Waals surface area contributed by atoms with Crippen molar-refractivity contribution in [1.29, 1.82) is 0 Å². The molecule has 0 bridgehead atoms. The normalized spacial score (nSPS) is 10.6. The molecule has 0 aliphatic rings. The van der Waals surface area contributed by atoms with Gasteiger partial charge in [0.05, 0.1) is 6.54 Å². The fraction of sp³-hybridized carbons (Fsp3) is 0.333. The molecule has 16 heavy (non-hydrogen) atoms. The van der Waals surface area contributed by atoms with Gasteiger partial charge in [-0.2, -0.15) is 0 Å². The molecule has 0 spiro atoms. The second-order valence-electron chi connectivity index (χ2n) is 4.11. The zero-order chi connectivity index (χ0) is 11.4. The van der Waals surface area contributed by atoms with Gasteiger partial charge >= 0.3 is 0 Å². The molecule has 2 rings (SSSR count). The summed E-state index contributed by atoms with van der Waals surface area (Å²) in [6, 6.07) is 8.59. The first-order valence-corrected chi connectivity index (χ1v) is 5.72. The smallest absolute Gasteiger partial charge is 0.139 e. The minimum atomic E-state index is 0.864. The molecule has 0 unspecified atom stereocenters. The van der Waals surface area contributed by atoms with Crippen LogP contribution in [0.1, 0.15) is 24.7 Å². The van der Waals surface area contributed by atoms with E-state index in [2.05, 4.69) is 53.8 Å². The van der Waals surface area contributed by atoms with E-state index in [9.17, 15) is 0 Å². The second-order valence-corrected chi connectivity index (χ2v) is 4.11. The van der Waals surface area contributed by atoms with Crippen LogP contribution < -0.4 is 5.46 Å². The number of hydrogen-bond acceptors (Lipinski definition) is 2. The minimum Gasteiger partial charge on any atom is -0.313 e. The van der Waals surface area contributed by atoms with E-state index < -0.39 is 0 Å². The van der Waals surface area contributed by atoms with Crippen molar-refractivity contribution < 1.29 is 0 Å². The summed E-state index contributed by atoms with van der Waals surface area (Å²) < 4.78 is 2.12. The number of nitrogens with zero attached hydrogens (tertiary/aromatic N) is 3. The van der Waals surface area contributed by atoms with Gasteiger partial charge in [0.15, 0.2) is 0 Å². The van der Waals surface area contributed by atoms with Crippen LogP contribution >= 0.6 is 0 Å². The lowest BCUT2D eigenvalue weighted by Gasteiger charge is -2.06. The van der Waals surface area contributed by atoms with Crippen LogP contribution in [0.5, 0.6) is 0 Å². The molecule has 0 N–H and O–H groups in total. The minimum absolute atomic E-state index is 0.864. The summed E-state index contributed by atoms with van der Waals surface area (Å²) in [6.07, 6.45) is 3.91. The molecular formula is C12H16BN3. The molecular weight excluding hydrogens is 197 g/mol. The topological polar surface area (TPSA) is 30.7 Å². The van der Waals surface area contributed by atoms with Crippen LogP contribution in [0.15, 0.2) is 30.6 Å². The third-order valence-electron chi connectivity index (χ3n) is 2.64. The molecule has 4 heteroatoms. The van der Waals surface area contributed by atoms with Gasteiger partial charge in [-0.25, -0.2) is 0 Å². The van der Waals surface area contributed by atoms with Gasteiger partial charge < -0.3 is 4.57 Å². The summed E-state index contributed by atoms with van der Waals surface area (Å²) in [7, 11) is 2.10. The first-order valence-electron chi connectivity index (χ1n) is 5.72. The fourth-order valence-electron chi connectivity index (χ4n) is 1.72. The molecule has 0 aliphatic carbocycles. The fourth-order valence-corrected chi connectivity index (χ4v) is 1.72. The zero-order valence-corrected chi connectivity index (χ0v) is 9.85. The van der Waals surface area contributed by atoms with Crippen molar-refractivity contribution in [3.8, 4) is 0 Å². The largest absolute Gasteiger partial charge is 0.313 e. The standard InChI is InChI=1S/C12H16BN3/c1-2-3-12-15-14-9-16(12)8-10-4-6-11(13)7-5-10/h4-7,9H,2-3,8,13H2,1H3. The first-order chi connectivity index (χ1) is 7.79. The third kappa shape index (κ3) is 2.51. The molecule has 0 aliphatic heterocycles. The van der Waals surface area contributed by atoms with Crippen molar-refractivity contribution in [1.82, 2.24) is 14.8 Å². The summed E-state index contributed by atoms with van der Waals surface area (Å²) >= 11 is 0. The number of rotatable bonds is 4. The Morgan fingerprint density at radius 2 is 2.00 bits per heavy atom. The molecule has 1 aromatic carbocycles. The molecule has 3 nitrogen and oxygen atoms in total. The van der Waals surface area contributed by atoms with Gasteiger partial charge in [0.25, 0.3) is 0 Å². The lowest BCUT2D eigenvalue weighted by atomic mass is 9.95. The van der Waals surface area contributed by atoms with Gasteiger partial charge in [-0.15, -0.1) is 10.2 Å². The van der Waals surface area contributed by atoms with Crippen molar-refractivity contribution in [2.24, 2.45) is 0 Å². The van der Waals surface area contributed by atoms with Crippen LogP contribution in [0.25, 0.3) is 0 Å². The molecule has 1 heterocycles. The van der Waals surface area contributed by atoms with Gasteiger partial charge in [-0.3, -0.25) is 0 Å². The van der Waals surface area contributed by atoms with Crippen LogP contribution in [0.2, 0.25) is 0 Å². The molecule has 0 amide bonds. The Kier molecular flexibility index (Phi) is 3.39. The average Bonchev–Trinajstić information content (AvgIpc) is 2.70. The molecule has 0 atom stereocenters. The maximum atomic E-state index is 4.13. The molecule has 0 fully saturated rings. The Balaban J connectivity index is 2.13. The average molecular weight is 213 g/mol. The van der Waals surface area contributed by atoms with Gasteiger partial charge in [-0.05, 0) is 12.0 Å². The van der Waals surface area contributed by atoms with Crippen LogP contribution in [0, 0.1) is 0 Å². The Morgan fingerprint density at radius 1 is 1.25 bits per heavy atom. The maximum Gasteiger partial charge on any atom is 0.139 e. The Bertz CT molecular complexity index is 448. The molecule has 2 aromatic rings. The molecule has 0 saturated heterocycles. The Labute approximate surface area is 96.9 Å². The van der Waals surface area contributed by atoms with Crippen molar-refractivity contribution in [2.45, 2.75) is 26.3 Å². The van der Waals surface area contributed by atoms with Gasteiger partial charge in [0.1, 0.15) is 20.0 Å². The lowest BCUT2D eigenvalue weighted by Crippen LogP contribution is -2.06. The van der Waals surface area contributed by atoms with E-state index in [-0.39, 0.29) is 0 Å². The maximum absolute atomic E-state index is 4.13. The highest BCUT2D eigenvalue weighted by molar-refractivity contribution is 6.32. The summed E-state index contributed by atoms with van der Waals surface area (Å²) in [4.78, 5) is 0. The number of aromatic nitrogens is 3. The van der Waals surface area contributed by atoms with E-state index >= 15 is 0 Å². The Hall–Kier alpha value is -1.58. The SMILES string of the molecule is Bc1ccc(Cn2cnnc2CCC)cc1. The quantitative estimate of drug-likeness (QED) is 0.694. The third-order valence-corrected chi connectivity index (χ3v) is 2.64. The van der Waals surface area contributed by atoms with Crippen LogP contribution in [-0.4, -0.2) is 22.6 Å². The van der Waals surface area contributed by atoms with Gasteiger partial charge in [-0.1, -0.05) is 36.7 Å². The van der Waals surface area contributed by atoms with Crippen molar-refractivity contribution in [3.63, 3.8) is 0 Å². The predicted molar refractivity (Wildman–Crippen MR) is 67.7 cm³/mol. The van der Waals surface area contributed by atoms with Crippen molar-refractivity contribution in [2.75, 3.05) is 0 Å². The highest BCUT2D eigenvalue weighted by Gasteiger charge is 2.03. The zero-order valence-electron chi connectivity index (χ0n) is 9.85. The number of hydrogen-bond donors (Lipinski definition) is 0. The van der Waals surface area contributed by atoms with Gasteiger partial charge in [0, 0.05) is 6.42 Å². The van der Waals surface area contributed by atoms with Crippen LogP contribution in [0.3, 0.4) is 0 Å². The van der Waals surface area contributed by atoms with Crippen molar-refractivity contribution in [3.05, 3.63) is 42.0 Å². The highest BCUT2D eigenvalue weighted by atomic mass is 15.3. The summed E-state index contributed by atoms with van der Waals surface area (Å²) in [6.45, 7) is 3.02. The predicted octanol–water partition coefficient (Wildman–Crippen LogP) is 0.537. The molecule has 0 saturated carbocycles. The Morgan fingerprint density at radius 3 is 2.69 bits per heavy atom. The van der Waals surface area contributed by atoms with E-state index in [4.69, 9.17) is 0 Å². The van der Waals surface area contributed by atoms with E-state index in [0.717, 1.165) is 25.2 Å². The molecule has 1 aromatic heterocycles. The second kappa shape index (κ2) is 4.97. The van der Waals surface area contributed by atoms with Crippen LogP contribution in [0.4, 0.5) is 0 Å². The van der Waals surface area contributed by atoms with E-state index in [1.54, 1.807) is 0 Å². The number of aryl methyl sites for hydroxylation is 1. The van der Waals surface area contributed by atoms with E-state index in [1.807, 2.05) is 6.33 Å². The highest BCUT2D eigenvalue weighted by Crippen LogP contribution is 2.05. The first kappa shape index (κ1) is 10.9. The molecule has 0 radical (unpaired) electrons. The van der Waals surface area contributed by atoms with Crippen LogP contribution in [-0.2, 0) is 13.0 Å². The van der Waals surface area contributed by atoms with E-state index in [0.29, 0.717) is 0 Å². The summed E-state index contributed by atoms with van der Waals surface area (Å²) in [5, 5.41) is 8.10. The monoisotopic (exact) mass is 213 g/mol.